The molecule has 0 aliphatic carbocycles. The summed E-state index contributed by atoms with van der Waals surface area (Å²) in [5.41, 5.74) is 0.227. The van der Waals surface area contributed by atoms with Crippen molar-refractivity contribution in [1.29, 1.82) is 0 Å². The molecule has 0 saturated carbocycles. The van der Waals surface area contributed by atoms with Crippen LogP contribution in [0.3, 0.4) is 0 Å². The van der Waals surface area contributed by atoms with E-state index in [1.807, 2.05) is 18.3 Å². The van der Waals surface area contributed by atoms with Crippen LogP contribution in [0, 0.1) is 0 Å². The van der Waals surface area contributed by atoms with Crippen LogP contribution in [0.4, 0.5) is 5.13 Å². The molecule has 1 aromatic carbocycles. The van der Waals surface area contributed by atoms with Crippen LogP contribution < -0.4 is 10.6 Å². The third-order valence-electron chi connectivity index (χ3n) is 4.13. The molecule has 1 aromatic heterocycles. The minimum absolute atomic E-state index is 0.114. The topological polar surface area (TPSA) is 37.0 Å². The van der Waals surface area contributed by atoms with E-state index in [1.165, 1.54) is 0 Å². The Morgan fingerprint density at radius 2 is 1.88 bits per heavy atom. The molecule has 1 saturated heterocycles. The van der Waals surface area contributed by atoms with Gasteiger partial charge in [-0.05, 0) is 52.7 Å². The average molecular weight is 416 g/mol. The van der Waals surface area contributed by atoms with Crippen LogP contribution in [0.15, 0.2) is 33.5 Å². The van der Waals surface area contributed by atoms with Gasteiger partial charge in [-0.2, -0.15) is 0 Å². The van der Waals surface area contributed by atoms with E-state index < -0.39 is 0 Å². The van der Waals surface area contributed by atoms with Gasteiger partial charge in [0.1, 0.15) is 0 Å². The van der Waals surface area contributed by atoms with Gasteiger partial charge < -0.3 is 10.6 Å². The lowest BCUT2D eigenvalue weighted by Gasteiger charge is -2.46. The summed E-state index contributed by atoms with van der Waals surface area (Å²) in [5, 5.41) is 9.46. The number of hydrogen-bond donors (Lipinski definition) is 2. The average Bonchev–Trinajstić information content (AvgIpc) is 2.87. The molecule has 1 fully saturated rings. The van der Waals surface area contributed by atoms with Crippen LogP contribution >= 0.6 is 46.3 Å². The van der Waals surface area contributed by atoms with Gasteiger partial charge in [0.2, 0.25) is 0 Å². The lowest BCUT2D eigenvalue weighted by atomic mass is 9.80. The fourth-order valence-electron chi connectivity index (χ4n) is 3.64. The van der Waals surface area contributed by atoms with Crippen LogP contribution in [0.5, 0.6) is 0 Å². The van der Waals surface area contributed by atoms with E-state index in [9.17, 15) is 0 Å². The lowest BCUT2D eigenvalue weighted by Crippen LogP contribution is -2.60. The van der Waals surface area contributed by atoms with Crippen molar-refractivity contribution in [3.05, 3.63) is 34.4 Å². The van der Waals surface area contributed by atoms with E-state index in [4.69, 9.17) is 23.2 Å². The van der Waals surface area contributed by atoms with E-state index in [1.54, 1.807) is 29.2 Å². The van der Waals surface area contributed by atoms with E-state index in [0.29, 0.717) is 16.1 Å². The maximum Gasteiger partial charge on any atom is 0.183 e. The molecule has 2 heterocycles. The van der Waals surface area contributed by atoms with Gasteiger partial charge in [-0.1, -0.05) is 52.4 Å². The van der Waals surface area contributed by atoms with Gasteiger partial charge in [-0.25, -0.2) is 4.98 Å². The van der Waals surface area contributed by atoms with Gasteiger partial charge in [0.15, 0.2) is 5.13 Å². The summed E-state index contributed by atoms with van der Waals surface area (Å²) in [6.07, 6.45) is 4.03. The molecule has 1 aliphatic heterocycles. The SMILES string of the molecule is CC1(C)CC(Nc2ncc(Sc3cccc(Cl)c3Cl)s2)CC(C)(C)N1. The van der Waals surface area contributed by atoms with Crippen molar-refractivity contribution in [3.63, 3.8) is 0 Å². The Morgan fingerprint density at radius 3 is 2.56 bits per heavy atom. The highest BCUT2D eigenvalue weighted by Gasteiger charge is 2.37. The minimum atomic E-state index is 0.114. The van der Waals surface area contributed by atoms with Gasteiger partial charge in [-0.3, -0.25) is 0 Å². The minimum Gasteiger partial charge on any atom is -0.359 e. The number of nitrogens with one attached hydrogen (secondary N) is 2. The lowest BCUT2D eigenvalue weighted by molar-refractivity contribution is 0.170. The summed E-state index contributed by atoms with van der Waals surface area (Å²) in [7, 11) is 0. The molecule has 0 amide bonds. The molecule has 25 heavy (non-hydrogen) atoms. The quantitative estimate of drug-likeness (QED) is 0.611. The Bertz CT molecular complexity index is 743. The van der Waals surface area contributed by atoms with Gasteiger partial charge in [0, 0.05) is 22.0 Å². The van der Waals surface area contributed by atoms with Crippen molar-refractivity contribution < 1.29 is 0 Å². The van der Waals surface area contributed by atoms with Crippen molar-refractivity contribution in [2.75, 3.05) is 5.32 Å². The summed E-state index contributed by atoms with van der Waals surface area (Å²) in [6, 6.07) is 6.10. The zero-order valence-electron chi connectivity index (χ0n) is 14.8. The Balaban J connectivity index is 1.68. The number of benzene rings is 1. The Labute approximate surface area is 167 Å². The summed E-state index contributed by atoms with van der Waals surface area (Å²) >= 11 is 15.6. The molecule has 0 unspecified atom stereocenters. The van der Waals surface area contributed by atoms with Crippen LogP contribution in [0.1, 0.15) is 40.5 Å². The third kappa shape index (κ3) is 5.04. The second-order valence-electron chi connectivity index (χ2n) is 7.78. The molecule has 3 rings (SSSR count). The van der Waals surface area contributed by atoms with Crippen LogP contribution in [0.25, 0.3) is 0 Å². The maximum absolute atomic E-state index is 6.28. The number of nitrogens with zero attached hydrogens (tertiary/aromatic N) is 1. The summed E-state index contributed by atoms with van der Waals surface area (Å²) in [5.74, 6) is 0. The van der Waals surface area contributed by atoms with Gasteiger partial charge in [0.25, 0.3) is 0 Å². The molecule has 0 bridgehead atoms. The van der Waals surface area contributed by atoms with E-state index in [-0.39, 0.29) is 11.1 Å². The first kappa shape index (κ1) is 19.3. The number of piperidine rings is 1. The molecule has 7 heteroatoms. The van der Waals surface area contributed by atoms with Gasteiger partial charge >= 0.3 is 0 Å². The smallest absolute Gasteiger partial charge is 0.183 e. The van der Waals surface area contributed by atoms with Crippen LogP contribution in [0.2, 0.25) is 10.0 Å². The molecular weight excluding hydrogens is 393 g/mol. The summed E-state index contributed by atoms with van der Waals surface area (Å²) in [6.45, 7) is 9.03. The molecule has 0 atom stereocenters. The molecule has 0 spiro atoms. The van der Waals surface area contributed by atoms with Crippen molar-refractivity contribution in [1.82, 2.24) is 10.3 Å². The monoisotopic (exact) mass is 415 g/mol. The van der Waals surface area contributed by atoms with Gasteiger partial charge in [-0.15, -0.1) is 0 Å². The van der Waals surface area contributed by atoms with E-state index in [2.05, 4.69) is 43.3 Å². The fourth-order valence-corrected chi connectivity index (χ4v) is 6.08. The number of anilines is 1. The number of rotatable bonds is 4. The van der Waals surface area contributed by atoms with Crippen molar-refractivity contribution >= 4 is 51.4 Å². The number of hydrogen-bond acceptors (Lipinski definition) is 5. The van der Waals surface area contributed by atoms with Crippen molar-refractivity contribution in [2.24, 2.45) is 0 Å². The maximum atomic E-state index is 6.28. The van der Waals surface area contributed by atoms with Gasteiger partial charge in [0.05, 0.1) is 20.5 Å². The first-order valence-corrected chi connectivity index (χ1v) is 10.7. The molecule has 3 nitrogen and oxygen atoms in total. The Hall–Kier alpha value is -0.460. The molecular formula is C18H23Cl2N3S2. The predicted octanol–water partition coefficient (Wildman–Crippen LogP) is 6.32. The highest BCUT2D eigenvalue weighted by molar-refractivity contribution is 8.01. The van der Waals surface area contributed by atoms with Crippen molar-refractivity contribution in [2.45, 2.75) is 66.8 Å². The second-order valence-corrected chi connectivity index (χ2v) is 10.9. The standard InChI is InChI=1S/C18H23Cl2N3S2/c1-17(2)8-11(9-18(3,4)23-17)22-16-21-10-14(25-16)24-13-7-5-6-12(19)15(13)20/h5-7,10-11,23H,8-9H2,1-4H3,(H,21,22). The fraction of sp³-hybridized carbons (Fsp3) is 0.500. The van der Waals surface area contributed by atoms with Crippen molar-refractivity contribution in [3.8, 4) is 0 Å². The zero-order chi connectivity index (χ0) is 18.2. The zero-order valence-corrected chi connectivity index (χ0v) is 18.0. The van der Waals surface area contributed by atoms with E-state index in [0.717, 1.165) is 27.1 Å². The Morgan fingerprint density at radius 1 is 1.20 bits per heavy atom. The Kier molecular flexibility index (Phi) is 5.62. The molecule has 2 aromatic rings. The normalized spacial score (nSPS) is 19.8. The first-order chi connectivity index (χ1) is 11.6. The van der Waals surface area contributed by atoms with Crippen LogP contribution in [-0.2, 0) is 0 Å². The second kappa shape index (κ2) is 7.28. The molecule has 0 radical (unpaired) electrons. The highest BCUT2D eigenvalue weighted by atomic mass is 35.5. The molecule has 136 valence electrons. The number of thiazole rings is 1. The first-order valence-electron chi connectivity index (χ1n) is 8.27. The number of aromatic nitrogens is 1. The highest BCUT2D eigenvalue weighted by Crippen LogP contribution is 2.40. The molecule has 1 aliphatic rings. The summed E-state index contributed by atoms with van der Waals surface area (Å²) in [4.78, 5) is 5.50. The molecule has 2 N–H and O–H groups in total. The van der Waals surface area contributed by atoms with E-state index >= 15 is 0 Å². The largest absolute Gasteiger partial charge is 0.359 e. The predicted molar refractivity (Wildman–Crippen MR) is 111 cm³/mol. The summed E-state index contributed by atoms with van der Waals surface area (Å²) < 4.78 is 1.10. The third-order valence-corrected chi connectivity index (χ3v) is 7.15. The number of halogens is 2. The van der Waals surface area contributed by atoms with Crippen LogP contribution in [-0.4, -0.2) is 22.1 Å².